The number of carboxylic acids is 1. The molecular weight excluding hydrogens is 250 g/mol. The first-order chi connectivity index (χ1) is 8.68. The number of hydrogen-bond acceptors (Lipinski definition) is 3. The lowest BCUT2D eigenvalue weighted by atomic mass is 9.78. The van der Waals surface area contributed by atoms with Gasteiger partial charge in [-0.2, -0.15) is 11.8 Å². The van der Waals surface area contributed by atoms with Crippen molar-refractivity contribution in [3.05, 3.63) is 0 Å². The lowest BCUT2D eigenvalue weighted by molar-refractivity contribution is -0.149. The van der Waals surface area contributed by atoms with E-state index >= 15 is 0 Å². The summed E-state index contributed by atoms with van der Waals surface area (Å²) >= 11 is 1.87. The van der Waals surface area contributed by atoms with Crippen molar-refractivity contribution >= 4 is 23.6 Å². The molecule has 3 atom stereocenters. The molecule has 1 amide bonds. The number of rotatable bonds is 3. The number of carbonyl (C=O) groups excluding carboxylic acids is 1. The van der Waals surface area contributed by atoms with E-state index in [4.69, 9.17) is 0 Å². The Kier molecular flexibility index (Phi) is 4.92. The second kappa shape index (κ2) is 6.45. The van der Waals surface area contributed by atoms with Crippen LogP contribution in [0.3, 0.4) is 0 Å². The molecule has 1 aliphatic heterocycles. The minimum absolute atomic E-state index is 0.0328. The Morgan fingerprint density at radius 3 is 2.39 bits per heavy atom. The quantitative estimate of drug-likeness (QED) is 0.822. The molecule has 5 heteroatoms. The van der Waals surface area contributed by atoms with E-state index in [1.54, 1.807) is 0 Å². The Bertz CT molecular complexity index is 315. The van der Waals surface area contributed by atoms with E-state index in [2.05, 4.69) is 5.32 Å². The third kappa shape index (κ3) is 3.40. The van der Waals surface area contributed by atoms with Gasteiger partial charge in [0.1, 0.15) is 0 Å². The van der Waals surface area contributed by atoms with Gasteiger partial charge in [0, 0.05) is 11.8 Å². The summed E-state index contributed by atoms with van der Waals surface area (Å²) in [5, 5.41) is 12.2. The van der Waals surface area contributed by atoms with Gasteiger partial charge in [0.25, 0.3) is 0 Å². The summed E-state index contributed by atoms with van der Waals surface area (Å²) in [6, 6.07) is 0.243. The SMILES string of the molecule is O=C(O)[C@H]1CCCC[C@H]1C(=O)NC1CCCSC1. The first-order valence-electron chi connectivity index (χ1n) is 6.79. The molecule has 0 spiro atoms. The van der Waals surface area contributed by atoms with Gasteiger partial charge in [-0.05, 0) is 31.4 Å². The molecule has 0 bridgehead atoms. The van der Waals surface area contributed by atoms with Crippen LogP contribution in [0.4, 0.5) is 0 Å². The predicted octanol–water partition coefficient (Wildman–Crippen LogP) is 1.89. The van der Waals surface area contributed by atoms with E-state index < -0.39 is 11.9 Å². The average molecular weight is 271 g/mol. The standard InChI is InChI=1S/C13H21NO3S/c15-12(14-9-4-3-7-18-8-9)10-5-1-2-6-11(10)13(16)17/h9-11H,1-8H2,(H,14,15)(H,16,17)/t9?,10-,11+/m1/s1. The Labute approximate surface area is 112 Å². The van der Waals surface area contributed by atoms with Crippen LogP contribution in [-0.4, -0.2) is 34.5 Å². The topological polar surface area (TPSA) is 66.4 Å². The fraction of sp³-hybridized carbons (Fsp3) is 0.846. The summed E-state index contributed by atoms with van der Waals surface area (Å²) in [6.07, 6.45) is 5.45. The minimum Gasteiger partial charge on any atom is -0.481 e. The molecule has 1 heterocycles. The number of aliphatic carboxylic acids is 1. The number of carbonyl (C=O) groups is 2. The largest absolute Gasteiger partial charge is 0.481 e. The van der Waals surface area contributed by atoms with Gasteiger partial charge in [-0.15, -0.1) is 0 Å². The van der Waals surface area contributed by atoms with E-state index in [9.17, 15) is 14.7 Å². The minimum atomic E-state index is -0.812. The van der Waals surface area contributed by atoms with Crippen LogP contribution in [0.15, 0.2) is 0 Å². The maximum atomic E-state index is 12.2. The molecule has 1 unspecified atom stereocenters. The molecule has 0 aromatic carbocycles. The van der Waals surface area contributed by atoms with Crippen molar-refractivity contribution in [1.82, 2.24) is 5.32 Å². The smallest absolute Gasteiger partial charge is 0.307 e. The maximum Gasteiger partial charge on any atom is 0.307 e. The fourth-order valence-electron chi connectivity index (χ4n) is 2.90. The van der Waals surface area contributed by atoms with Crippen LogP contribution >= 0.6 is 11.8 Å². The molecule has 0 aromatic heterocycles. The van der Waals surface area contributed by atoms with E-state index in [0.29, 0.717) is 6.42 Å². The number of nitrogens with one attached hydrogen (secondary N) is 1. The second-order valence-electron chi connectivity index (χ2n) is 5.26. The molecule has 2 rings (SSSR count). The number of amides is 1. The summed E-state index contributed by atoms with van der Waals surface area (Å²) in [5.41, 5.74) is 0. The van der Waals surface area contributed by atoms with Gasteiger partial charge in [-0.3, -0.25) is 9.59 Å². The van der Waals surface area contributed by atoms with Crippen molar-refractivity contribution in [2.24, 2.45) is 11.8 Å². The van der Waals surface area contributed by atoms with Crippen molar-refractivity contribution in [1.29, 1.82) is 0 Å². The highest BCUT2D eigenvalue weighted by Crippen LogP contribution is 2.31. The zero-order chi connectivity index (χ0) is 13.0. The van der Waals surface area contributed by atoms with Crippen LogP contribution in [-0.2, 0) is 9.59 Å². The first-order valence-corrected chi connectivity index (χ1v) is 7.95. The van der Waals surface area contributed by atoms with Gasteiger partial charge >= 0.3 is 5.97 Å². The molecule has 4 nitrogen and oxygen atoms in total. The molecule has 102 valence electrons. The van der Waals surface area contributed by atoms with Gasteiger partial charge in [0.05, 0.1) is 11.8 Å². The zero-order valence-electron chi connectivity index (χ0n) is 10.6. The Balaban J connectivity index is 1.91. The molecule has 2 N–H and O–H groups in total. The third-order valence-electron chi connectivity index (χ3n) is 3.93. The van der Waals surface area contributed by atoms with Crippen LogP contribution in [0.5, 0.6) is 0 Å². The van der Waals surface area contributed by atoms with E-state index in [1.807, 2.05) is 11.8 Å². The Hall–Kier alpha value is -0.710. The molecule has 2 fully saturated rings. The van der Waals surface area contributed by atoms with Gasteiger partial charge in [0.15, 0.2) is 0 Å². The third-order valence-corrected chi connectivity index (χ3v) is 5.14. The lowest BCUT2D eigenvalue weighted by Crippen LogP contribution is -2.45. The van der Waals surface area contributed by atoms with Crippen LogP contribution in [0.25, 0.3) is 0 Å². The molecule has 2 aliphatic rings. The van der Waals surface area contributed by atoms with Gasteiger partial charge < -0.3 is 10.4 Å². The highest BCUT2D eigenvalue weighted by atomic mass is 32.2. The summed E-state index contributed by atoms with van der Waals surface area (Å²) in [4.78, 5) is 23.4. The first kappa shape index (κ1) is 13.7. The Morgan fingerprint density at radius 1 is 1.06 bits per heavy atom. The number of thioether (sulfide) groups is 1. The molecule has 18 heavy (non-hydrogen) atoms. The van der Waals surface area contributed by atoms with Crippen molar-refractivity contribution in [3.63, 3.8) is 0 Å². The van der Waals surface area contributed by atoms with Crippen molar-refractivity contribution < 1.29 is 14.7 Å². The summed E-state index contributed by atoms with van der Waals surface area (Å²) < 4.78 is 0. The van der Waals surface area contributed by atoms with Crippen molar-refractivity contribution in [3.8, 4) is 0 Å². The summed E-state index contributed by atoms with van der Waals surface area (Å²) in [6.45, 7) is 0. The molecule has 1 saturated carbocycles. The normalized spacial score (nSPS) is 32.8. The highest BCUT2D eigenvalue weighted by Gasteiger charge is 2.36. The van der Waals surface area contributed by atoms with Gasteiger partial charge in [-0.1, -0.05) is 12.8 Å². The molecular formula is C13H21NO3S. The van der Waals surface area contributed by atoms with Crippen LogP contribution in [0.2, 0.25) is 0 Å². The molecule has 1 saturated heterocycles. The van der Waals surface area contributed by atoms with Gasteiger partial charge in [0.2, 0.25) is 5.91 Å². The fourth-order valence-corrected chi connectivity index (χ4v) is 3.98. The average Bonchev–Trinajstić information content (AvgIpc) is 2.40. The zero-order valence-corrected chi connectivity index (χ0v) is 11.4. The number of carboxylic acid groups (broad SMARTS) is 1. The van der Waals surface area contributed by atoms with Crippen molar-refractivity contribution in [2.75, 3.05) is 11.5 Å². The van der Waals surface area contributed by atoms with Crippen LogP contribution in [0.1, 0.15) is 38.5 Å². The molecule has 1 aliphatic carbocycles. The van der Waals surface area contributed by atoms with E-state index in [1.165, 1.54) is 5.75 Å². The molecule has 0 radical (unpaired) electrons. The Morgan fingerprint density at radius 2 is 1.78 bits per heavy atom. The summed E-state index contributed by atoms with van der Waals surface area (Å²) in [5.74, 6) is 0.504. The number of hydrogen-bond donors (Lipinski definition) is 2. The lowest BCUT2D eigenvalue weighted by Gasteiger charge is -2.30. The van der Waals surface area contributed by atoms with Crippen molar-refractivity contribution in [2.45, 2.75) is 44.6 Å². The van der Waals surface area contributed by atoms with Gasteiger partial charge in [-0.25, -0.2) is 0 Å². The highest BCUT2D eigenvalue weighted by molar-refractivity contribution is 7.99. The van der Waals surface area contributed by atoms with Crippen LogP contribution < -0.4 is 5.32 Å². The molecule has 0 aromatic rings. The van der Waals surface area contributed by atoms with E-state index in [0.717, 1.165) is 37.9 Å². The maximum absolute atomic E-state index is 12.2. The predicted molar refractivity (Wildman–Crippen MR) is 71.6 cm³/mol. The van der Waals surface area contributed by atoms with E-state index in [-0.39, 0.29) is 17.9 Å². The monoisotopic (exact) mass is 271 g/mol. The van der Waals surface area contributed by atoms with Crippen LogP contribution in [0, 0.1) is 11.8 Å². The summed E-state index contributed by atoms with van der Waals surface area (Å²) in [7, 11) is 0. The second-order valence-corrected chi connectivity index (χ2v) is 6.41.